The van der Waals surface area contributed by atoms with Crippen LogP contribution >= 0.6 is 0 Å². The van der Waals surface area contributed by atoms with Gasteiger partial charge in [-0.25, -0.2) is 0 Å². The Hall–Kier alpha value is -2.35. The summed E-state index contributed by atoms with van der Waals surface area (Å²) in [7, 11) is 0. The maximum Gasteiger partial charge on any atom is 0.412 e. The lowest BCUT2D eigenvalue weighted by atomic mass is 10.1. The average Bonchev–Trinajstić information content (AvgIpc) is 3.24. The number of hydrogen-bond acceptors (Lipinski definition) is 4. The number of alkyl halides is 3. The molecule has 3 heterocycles. The molecule has 1 N–H and O–H groups in total. The molecule has 5 nitrogen and oxygen atoms in total. The molecule has 134 valence electrons. The second-order valence-electron chi connectivity index (χ2n) is 5.98. The minimum Gasteiger partial charge on any atom is -0.455 e. The highest BCUT2D eigenvalue weighted by atomic mass is 19.4. The summed E-state index contributed by atoms with van der Waals surface area (Å²) in [6, 6.07) is 3.55. The number of furan rings is 1. The maximum atomic E-state index is 13.3. The Morgan fingerprint density at radius 2 is 2.04 bits per heavy atom. The topological polar surface area (TPSA) is 58.4 Å². The summed E-state index contributed by atoms with van der Waals surface area (Å²) in [6.45, 7) is 2.47. The van der Waals surface area contributed by atoms with Crippen LogP contribution < -0.4 is 5.32 Å². The monoisotopic (exact) mass is 353 g/mol. The van der Waals surface area contributed by atoms with Gasteiger partial charge >= 0.3 is 6.18 Å². The fraction of sp³-hybridized carbons (Fsp3) is 0.412. The molecule has 3 rings (SSSR count). The first-order valence-electron chi connectivity index (χ1n) is 8.02. The van der Waals surface area contributed by atoms with Gasteiger partial charge in [0.1, 0.15) is 5.76 Å². The number of carbonyl (C=O) groups excluding carboxylic acids is 1. The highest BCUT2D eigenvalue weighted by molar-refractivity contribution is 5.91. The number of nitrogens with zero attached hydrogens (tertiary/aromatic N) is 2. The van der Waals surface area contributed by atoms with E-state index in [-0.39, 0.29) is 11.3 Å². The van der Waals surface area contributed by atoms with E-state index in [1.807, 2.05) is 5.32 Å². The van der Waals surface area contributed by atoms with Gasteiger partial charge < -0.3 is 9.73 Å². The molecule has 0 spiro atoms. The van der Waals surface area contributed by atoms with Crippen LogP contribution in [0.5, 0.6) is 0 Å². The molecule has 0 aromatic carbocycles. The average molecular weight is 353 g/mol. The van der Waals surface area contributed by atoms with Crippen LogP contribution in [-0.2, 0) is 6.54 Å². The van der Waals surface area contributed by atoms with Crippen molar-refractivity contribution in [2.75, 3.05) is 13.1 Å². The van der Waals surface area contributed by atoms with Crippen LogP contribution in [0.3, 0.4) is 0 Å². The van der Waals surface area contributed by atoms with Gasteiger partial charge in [-0.3, -0.25) is 14.7 Å². The van der Waals surface area contributed by atoms with Gasteiger partial charge in [0.25, 0.3) is 5.91 Å². The Balaban J connectivity index is 1.70. The van der Waals surface area contributed by atoms with Crippen molar-refractivity contribution in [2.24, 2.45) is 0 Å². The van der Waals surface area contributed by atoms with Gasteiger partial charge in [-0.15, -0.1) is 0 Å². The minimum absolute atomic E-state index is 0.132. The van der Waals surface area contributed by atoms with E-state index in [0.717, 1.165) is 32.1 Å². The fourth-order valence-electron chi connectivity index (χ4n) is 2.85. The van der Waals surface area contributed by atoms with Crippen LogP contribution in [0.1, 0.15) is 40.8 Å². The van der Waals surface area contributed by atoms with Crippen molar-refractivity contribution >= 4 is 5.91 Å². The van der Waals surface area contributed by atoms with Crippen LogP contribution in [0, 0.1) is 0 Å². The fourth-order valence-corrected chi connectivity index (χ4v) is 2.85. The van der Waals surface area contributed by atoms with E-state index in [9.17, 15) is 18.0 Å². The van der Waals surface area contributed by atoms with E-state index >= 15 is 0 Å². The highest BCUT2D eigenvalue weighted by Crippen LogP contribution is 2.32. The molecule has 25 heavy (non-hydrogen) atoms. The van der Waals surface area contributed by atoms with Crippen LogP contribution in [0.15, 0.2) is 41.1 Å². The second kappa shape index (κ2) is 7.26. The molecule has 0 saturated carbocycles. The van der Waals surface area contributed by atoms with Crippen molar-refractivity contribution in [3.63, 3.8) is 0 Å². The van der Waals surface area contributed by atoms with Crippen molar-refractivity contribution in [3.8, 4) is 0 Å². The quantitative estimate of drug-likeness (QED) is 0.896. The smallest absolute Gasteiger partial charge is 0.412 e. The molecular formula is C17H18F3N3O2. The van der Waals surface area contributed by atoms with Crippen LogP contribution in [0.2, 0.25) is 0 Å². The highest BCUT2D eigenvalue weighted by Gasteiger charge is 2.42. The molecule has 1 aliphatic heterocycles. The molecular weight excluding hydrogens is 335 g/mol. The number of rotatable bonds is 5. The van der Waals surface area contributed by atoms with Crippen molar-refractivity contribution < 1.29 is 22.4 Å². The Bertz CT molecular complexity index is 709. The first-order valence-corrected chi connectivity index (χ1v) is 8.02. The first-order chi connectivity index (χ1) is 11.9. The van der Waals surface area contributed by atoms with Crippen LogP contribution in [0.4, 0.5) is 13.2 Å². The van der Waals surface area contributed by atoms with Gasteiger partial charge in [0.15, 0.2) is 11.8 Å². The molecule has 0 radical (unpaired) electrons. The van der Waals surface area contributed by atoms with E-state index in [2.05, 4.69) is 9.88 Å². The summed E-state index contributed by atoms with van der Waals surface area (Å²) in [6.07, 6.45) is 0.0534. The molecule has 0 aliphatic carbocycles. The second-order valence-corrected chi connectivity index (χ2v) is 5.98. The van der Waals surface area contributed by atoms with Crippen LogP contribution in [-0.4, -0.2) is 35.1 Å². The van der Waals surface area contributed by atoms with Crippen LogP contribution in [0.25, 0.3) is 0 Å². The molecule has 1 atom stereocenters. The van der Waals surface area contributed by atoms with Gasteiger partial charge in [-0.2, -0.15) is 13.2 Å². The number of aromatic nitrogens is 1. The van der Waals surface area contributed by atoms with E-state index in [0.29, 0.717) is 12.3 Å². The van der Waals surface area contributed by atoms with E-state index < -0.39 is 18.1 Å². The molecule has 0 unspecified atom stereocenters. The summed E-state index contributed by atoms with van der Waals surface area (Å²) in [4.78, 5) is 18.0. The third-order valence-electron chi connectivity index (χ3n) is 4.08. The van der Waals surface area contributed by atoms with Gasteiger partial charge in [0.05, 0.1) is 6.54 Å². The van der Waals surface area contributed by atoms with E-state index in [4.69, 9.17) is 4.42 Å². The SMILES string of the molecule is O=C(N[C@@H](c1cccnc1)C(F)(F)F)c1ccc(CN2CCCC2)o1. The number of carbonyl (C=O) groups is 1. The molecule has 1 amide bonds. The zero-order valence-corrected chi connectivity index (χ0v) is 13.4. The molecule has 2 aromatic heterocycles. The Kier molecular flexibility index (Phi) is 5.08. The van der Waals surface area contributed by atoms with Crippen molar-refractivity contribution in [1.29, 1.82) is 0 Å². The lowest BCUT2D eigenvalue weighted by Gasteiger charge is -2.21. The predicted molar refractivity (Wildman–Crippen MR) is 83.7 cm³/mol. The van der Waals surface area contributed by atoms with Crippen molar-refractivity contribution in [1.82, 2.24) is 15.2 Å². The normalized spacial score (nSPS) is 16.8. The Morgan fingerprint density at radius 3 is 2.68 bits per heavy atom. The summed E-state index contributed by atoms with van der Waals surface area (Å²) < 4.78 is 45.3. The number of hydrogen-bond donors (Lipinski definition) is 1. The van der Waals surface area contributed by atoms with E-state index in [1.54, 1.807) is 6.07 Å². The van der Waals surface area contributed by atoms with Gasteiger partial charge in [-0.1, -0.05) is 6.07 Å². The molecule has 1 saturated heterocycles. The molecule has 1 aliphatic rings. The lowest BCUT2D eigenvalue weighted by Crippen LogP contribution is -2.38. The zero-order chi connectivity index (χ0) is 17.9. The summed E-state index contributed by atoms with van der Waals surface area (Å²) in [5, 5.41) is 1.99. The van der Waals surface area contributed by atoms with Gasteiger partial charge in [0.2, 0.25) is 0 Å². The maximum absolute atomic E-state index is 13.3. The first kappa shape index (κ1) is 17.5. The molecule has 8 heteroatoms. The van der Waals surface area contributed by atoms with Crippen molar-refractivity contribution in [3.05, 3.63) is 53.7 Å². The summed E-state index contributed by atoms with van der Waals surface area (Å²) >= 11 is 0. The summed E-state index contributed by atoms with van der Waals surface area (Å²) in [5.74, 6) is -0.469. The van der Waals surface area contributed by atoms with Gasteiger partial charge in [0, 0.05) is 18.0 Å². The molecule has 0 bridgehead atoms. The standard InChI is InChI=1S/C17H18F3N3O2/c18-17(19,20)15(12-4-3-7-21-10-12)22-16(24)14-6-5-13(25-14)11-23-8-1-2-9-23/h3-7,10,15H,1-2,8-9,11H2,(H,22,24)/t15-/m0/s1. The third kappa shape index (κ3) is 4.39. The summed E-state index contributed by atoms with van der Waals surface area (Å²) in [5.41, 5.74) is -0.132. The number of amides is 1. The van der Waals surface area contributed by atoms with Gasteiger partial charge in [-0.05, 0) is 44.1 Å². The molecule has 2 aromatic rings. The molecule has 1 fully saturated rings. The number of halogens is 3. The zero-order valence-electron chi connectivity index (χ0n) is 13.4. The largest absolute Gasteiger partial charge is 0.455 e. The number of pyridine rings is 1. The van der Waals surface area contributed by atoms with Crippen molar-refractivity contribution in [2.45, 2.75) is 31.6 Å². The lowest BCUT2D eigenvalue weighted by molar-refractivity contribution is -0.155. The third-order valence-corrected chi connectivity index (χ3v) is 4.08. The number of likely N-dealkylation sites (tertiary alicyclic amines) is 1. The Labute approximate surface area is 142 Å². The van der Waals surface area contributed by atoms with E-state index in [1.165, 1.54) is 24.4 Å². The minimum atomic E-state index is -4.64. The predicted octanol–water partition coefficient (Wildman–Crippen LogP) is 3.30. The Morgan fingerprint density at radius 1 is 1.28 bits per heavy atom. The number of nitrogens with one attached hydrogen (secondary N) is 1.